The molecule has 1 aromatic heterocycles. The zero-order valence-corrected chi connectivity index (χ0v) is 16.9. The van der Waals surface area contributed by atoms with Gasteiger partial charge in [0.2, 0.25) is 0 Å². The van der Waals surface area contributed by atoms with Crippen LogP contribution in [0.5, 0.6) is 0 Å². The molecule has 0 atom stereocenters. The van der Waals surface area contributed by atoms with Crippen LogP contribution in [0.25, 0.3) is 6.08 Å². The molecule has 2 aromatic rings. The summed E-state index contributed by atoms with van der Waals surface area (Å²) >= 11 is 0. The van der Waals surface area contributed by atoms with Crippen molar-refractivity contribution < 1.29 is 9.59 Å². The maximum Gasteiger partial charge on any atom is 0.329 e. The number of nitrogens with zero attached hydrogens (tertiary/aromatic N) is 2. The summed E-state index contributed by atoms with van der Waals surface area (Å²) in [7, 11) is 0. The SMILES string of the molecule is Cc1ccc(CN2C(=O)N/C(=C/c3cc(C)n(C(C)(C)C)c3C)C2=O)cc1. The van der Waals surface area contributed by atoms with E-state index in [0.717, 1.165) is 28.1 Å². The molecule has 3 amide bonds. The lowest BCUT2D eigenvalue weighted by Gasteiger charge is -2.25. The Balaban J connectivity index is 1.88. The molecule has 5 nitrogen and oxygen atoms in total. The van der Waals surface area contributed by atoms with E-state index in [1.807, 2.05) is 38.1 Å². The molecule has 1 saturated heterocycles. The first-order valence-electron chi connectivity index (χ1n) is 9.17. The Bertz CT molecular complexity index is 928. The quantitative estimate of drug-likeness (QED) is 0.653. The number of urea groups is 1. The van der Waals surface area contributed by atoms with Gasteiger partial charge in [-0.25, -0.2) is 4.79 Å². The highest BCUT2D eigenvalue weighted by Crippen LogP contribution is 2.26. The first kappa shape index (κ1) is 19.0. The molecule has 0 spiro atoms. The topological polar surface area (TPSA) is 54.3 Å². The van der Waals surface area contributed by atoms with Crippen LogP contribution in [0.3, 0.4) is 0 Å². The number of benzene rings is 1. The van der Waals surface area contributed by atoms with Gasteiger partial charge in [-0.1, -0.05) is 29.8 Å². The number of aromatic nitrogens is 1. The summed E-state index contributed by atoms with van der Waals surface area (Å²) in [6.07, 6.45) is 1.78. The van der Waals surface area contributed by atoms with Crippen molar-refractivity contribution >= 4 is 18.0 Å². The summed E-state index contributed by atoms with van der Waals surface area (Å²) in [4.78, 5) is 26.3. The normalized spacial score (nSPS) is 16.4. The molecule has 0 bridgehead atoms. The van der Waals surface area contributed by atoms with Crippen molar-refractivity contribution in [1.82, 2.24) is 14.8 Å². The number of rotatable bonds is 3. The van der Waals surface area contributed by atoms with Gasteiger partial charge < -0.3 is 9.88 Å². The van der Waals surface area contributed by atoms with Crippen LogP contribution in [-0.2, 0) is 16.9 Å². The molecule has 1 aliphatic rings. The van der Waals surface area contributed by atoms with E-state index in [9.17, 15) is 9.59 Å². The number of hydrogen-bond acceptors (Lipinski definition) is 2. The van der Waals surface area contributed by atoms with E-state index >= 15 is 0 Å². The van der Waals surface area contributed by atoms with Crippen LogP contribution in [0.1, 0.15) is 48.8 Å². The maximum atomic E-state index is 12.8. The van der Waals surface area contributed by atoms with E-state index in [-0.39, 0.29) is 24.0 Å². The fourth-order valence-electron chi connectivity index (χ4n) is 3.71. The fourth-order valence-corrected chi connectivity index (χ4v) is 3.71. The third kappa shape index (κ3) is 3.68. The van der Waals surface area contributed by atoms with Gasteiger partial charge in [0.1, 0.15) is 5.70 Å². The zero-order valence-electron chi connectivity index (χ0n) is 16.9. The smallest absolute Gasteiger partial charge is 0.329 e. The average molecular weight is 365 g/mol. The van der Waals surface area contributed by atoms with E-state index < -0.39 is 0 Å². The predicted molar refractivity (Wildman–Crippen MR) is 107 cm³/mol. The Morgan fingerprint density at radius 3 is 2.22 bits per heavy atom. The van der Waals surface area contributed by atoms with Crippen molar-refractivity contribution in [3.63, 3.8) is 0 Å². The second kappa shape index (κ2) is 6.72. The van der Waals surface area contributed by atoms with Crippen LogP contribution < -0.4 is 5.32 Å². The number of aryl methyl sites for hydroxylation is 2. The number of imide groups is 1. The minimum absolute atomic E-state index is 0.0503. The molecule has 1 fully saturated rings. The standard InChI is InChI=1S/C22H27N3O2/c1-14-7-9-17(10-8-14)13-24-20(26)19(23-21(24)27)12-18-11-15(2)25(16(18)3)22(4,5)6/h7-12H,13H2,1-6H3,(H,23,27)/b19-12+. The number of hydrogen-bond donors (Lipinski definition) is 1. The molecule has 5 heteroatoms. The maximum absolute atomic E-state index is 12.8. The van der Waals surface area contributed by atoms with Crippen LogP contribution >= 0.6 is 0 Å². The molecule has 0 aliphatic carbocycles. The van der Waals surface area contributed by atoms with Gasteiger partial charge in [0.25, 0.3) is 5.91 Å². The third-order valence-corrected chi connectivity index (χ3v) is 4.86. The van der Waals surface area contributed by atoms with Gasteiger partial charge in [-0.2, -0.15) is 0 Å². The van der Waals surface area contributed by atoms with E-state index in [2.05, 4.69) is 43.6 Å². The van der Waals surface area contributed by atoms with Crippen molar-refractivity contribution in [1.29, 1.82) is 0 Å². The molecule has 1 N–H and O–H groups in total. The summed E-state index contributed by atoms with van der Waals surface area (Å²) in [5.74, 6) is -0.291. The molecule has 27 heavy (non-hydrogen) atoms. The lowest BCUT2D eigenvalue weighted by Crippen LogP contribution is -2.30. The highest BCUT2D eigenvalue weighted by atomic mass is 16.2. The zero-order chi connectivity index (χ0) is 19.9. The molecular weight excluding hydrogens is 338 g/mol. The Kier molecular flexibility index (Phi) is 4.72. The van der Waals surface area contributed by atoms with E-state index in [1.165, 1.54) is 4.90 Å². The molecule has 0 radical (unpaired) electrons. The minimum Gasteiger partial charge on any atom is -0.343 e. The molecule has 0 saturated carbocycles. The van der Waals surface area contributed by atoms with Gasteiger partial charge in [-0.15, -0.1) is 0 Å². The summed E-state index contributed by atoms with van der Waals surface area (Å²) in [6, 6.07) is 9.51. The van der Waals surface area contributed by atoms with Crippen LogP contribution in [0, 0.1) is 20.8 Å². The highest BCUT2D eigenvalue weighted by molar-refractivity contribution is 6.13. The molecule has 1 aliphatic heterocycles. The van der Waals surface area contributed by atoms with E-state index in [0.29, 0.717) is 5.70 Å². The highest BCUT2D eigenvalue weighted by Gasteiger charge is 2.33. The molecule has 3 rings (SSSR count). The number of carbonyl (C=O) groups is 2. The van der Waals surface area contributed by atoms with Gasteiger partial charge in [0.15, 0.2) is 0 Å². The second-order valence-corrected chi connectivity index (χ2v) is 8.20. The minimum atomic E-state index is -0.378. The van der Waals surface area contributed by atoms with Gasteiger partial charge in [-0.3, -0.25) is 9.69 Å². The van der Waals surface area contributed by atoms with Crippen LogP contribution in [-0.4, -0.2) is 21.4 Å². The molecule has 1 aromatic carbocycles. The van der Waals surface area contributed by atoms with Crippen molar-refractivity contribution in [2.24, 2.45) is 0 Å². The van der Waals surface area contributed by atoms with E-state index in [1.54, 1.807) is 6.08 Å². The summed E-state index contributed by atoms with van der Waals surface area (Å²) < 4.78 is 2.24. The molecule has 2 heterocycles. The van der Waals surface area contributed by atoms with Crippen molar-refractivity contribution in [3.05, 3.63) is 64.1 Å². The van der Waals surface area contributed by atoms with Crippen LogP contribution in [0.4, 0.5) is 4.79 Å². The Labute approximate surface area is 160 Å². The summed E-state index contributed by atoms with van der Waals surface area (Å²) in [5.41, 5.74) is 5.49. The van der Waals surface area contributed by atoms with Crippen molar-refractivity contribution in [2.45, 2.75) is 53.6 Å². The van der Waals surface area contributed by atoms with Crippen molar-refractivity contribution in [3.8, 4) is 0 Å². The second-order valence-electron chi connectivity index (χ2n) is 8.20. The monoisotopic (exact) mass is 365 g/mol. The Morgan fingerprint density at radius 2 is 1.67 bits per heavy atom. The summed E-state index contributed by atoms with van der Waals surface area (Å²) in [6.45, 7) is 12.8. The third-order valence-electron chi connectivity index (χ3n) is 4.86. The first-order chi connectivity index (χ1) is 12.6. The lowest BCUT2D eigenvalue weighted by atomic mass is 10.1. The molecule has 142 valence electrons. The molecular formula is C22H27N3O2. The number of carbonyl (C=O) groups excluding carboxylic acids is 2. The van der Waals surface area contributed by atoms with Gasteiger partial charge in [-0.05, 0) is 64.8 Å². The van der Waals surface area contributed by atoms with Gasteiger partial charge in [0.05, 0.1) is 6.54 Å². The Hall–Kier alpha value is -2.82. The first-order valence-corrected chi connectivity index (χ1v) is 9.17. The fraction of sp³-hybridized carbons (Fsp3) is 0.364. The summed E-state index contributed by atoms with van der Waals surface area (Å²) in [5, 5.41) is 2.72. The molecule has 0 unspecified atom stereocenters. The van der Waals surface area contributed by atoms with E-state index in [4.69, 9.17) is 0 Å². The van der Waals surface area contributed by atoms with Crippen LogP contribution in [0.15, 0.2) is 36.0 Å². The predicted octanol–water partition coefficient (Wildman–Crippen LogP) is 4.26. The Morgan fingerprint density at radius 1 is 1.04 bits per heavy atom. The van der Waals surface area contributed by atoms with Crippen LogP contribution in [0.2, 0.25) is 0 Å². The number of amides is 3. The average Bonchev–Trinajstić information content (AvgIpc) is 2.99. The van der Waals surface area contributed by atoms with Gasteiger partial charge >= 0.3 is 6.03 Å². The van der Waals surface area contributed by atoms with Gasteiger partial charge in [0, 0.05) is 16.9 Å². The lowest BCUT2D eigenvalue weighted by molar-refractivity contribution is -0.123. The largest absolute Gasteiger partial charge is 0.343 e. The number of nitrogens with one attached hydrogen (secondary N) is 1. The van der Waals surface area contributed by atoms with Crippen molar-refractivity contribution in [2.75, 3.05) is 0 Å².